The van der Waals surface area contributed by atoms with E-state index in [4.69, 9.17) is 0 Å². The van der Waals surface area contributed by atoms with Gasteiger partial charge in [0.25, 0.3) is 5.91 Å². The van der Waals surface area contributed by atoms with E-state index in [1.165, 1.54) is 0 Å². The molecule has 1 aromatic carbocycles. The van der Waals surface area contributed by atoms with Gasteiger partial charge in [-0.3, -0.25) is 19.7 Å². The zero-order valence-electron chi connectivity index (χ0n) is 17.0. The molecule has 5 rings (SSSR count). The van der Waals surface area contributed by atoms with Crippen LogP contribution in [0, 0.1) is 0 Å². The largest absolute Gasteiger partial charge is 0.350 e. The summed E-state index contributed by atoms with van der Waals surface area (Å²) in [6.45, 7) is 4.36. The molecule has 11 heteroatoms. The van der Waals surface area contributed by atoms with Gasteiger partial charge < -0.3 is 20.4 Å². The van der Waals surface area contributed by atoms with E-state index in [0.29, 0.717) is 37.0 Å². The first kappa shape index (κ1) is 19.5. The van der Waals surface area contributed by atoms with Gasteiger partial charge in [-0.2, -0.15) is 4.98 Å². The summed E-state index contributed by atoms with van der Waals surface area (Å²) >= 11 is 0. The van der Waals surface area contributed by atoms with E-state index in [-0.39, 0.29) is 18.2 Å². The lowest BCUT2D eigenvalue weighted by atomic mass is 10.0. The van der Waals surface area contributed by atoms with Crippen molar-refractivity contribution in [3.05, 3.63) is 34.9 Å². The Morgan fingerprint density at radius 2 is 2.00 bits per heavy atom. The normalized spacial score (nSPS) is 21.3. The molecule has 3 aliphatic heterocycles. The Morgan fingerprint density at radius 3 is 2.81 bits per heavy atom. The number of rotatable bonds is 5. The number of H-pyrrole nitrogens is 1. The first-order valence-corrected chi connectivity index (χ1v) is 10.5. The van der Waals surface area contributed by atoms with Crippen molar-refractivity contribution in [1.82, 2.24) is 30.7 Å². The summed E-state index contributed by atoms with van der Waals surface area (Å²) in [4.78, 5) is 44.8. The number of hydrogen-bond donors (Lipinski definition) is 4. The van der Waals surface area contributed by atoms with Crippen molar-refractivity contribution in [1.29, 1.82) is 0 Å². The molecule has 3 aliphatic rings. The van der Waals surface area contributed by atoms with Crippen LogP contribution >= 0.6 is 0 Å². The topological polar surface area (TPSA) is 135 Å². The van der Waals surface area contributed by atoms with Crippen LogP contribution in [0.25, 0.3) is 0 Å². The number of amides is 3. The summed E-state index contributed by atoms with van der Waals surface area (Å²) in [5, 5.41) is 16.1. The molecule has 11 nitrogen and oxygen atoms in total. The van der Waals surface area contributed by atoms with Crippen LogP contribution in [0.2, 0.25) is 0 Å². The average molecular weight is 424 g/mol. The maximum atomic E-state index is 12.9. The molecule has 162 valence electrons. The second-order valence-electron chi connectivity index (χ2n) is 7.92. The minimum absolute atomic E-state index is 0.174. The van der Waals surface area contributed by atoms with Crippen LogP contribution in [0.3, 0.4) is 0 Å². The Kier molecular flexibility index (Phi) is 5.02. The molecule has 0 bridgehead atoms. The van der Waals surface area contributed by atoms with E-state index in [0.717, 1.165) is 37.3 Å². The van der Waals surface area contributed by atoms with Crippen LogP contribution in [0.4, 0.5) is 11.9 Å². The summed E-state index contributed by atoms with van der Waals surface area (Å²) in [5.41, 5.74) is 2.45. The fourth-order valence-corrected chi connectivity index (χ4v) is 4.33. The number of piperidine rings is 1. The molecule has 0 spiro atoms. The molecule has 1 unspecified atom stereocenters. The van der Waals surface area contributed by atoms with Gasteiger partial charge in [-0.05, 0) is 23.6 Å². The number of hydrogen-bond acceptors (Lipinski definition) is 8. The van der Waals surface area contributed by atoms with Crippen LogP contribution in [-0.2, 0) is 22.7 Å². The predicted molar refractivity (Wildman–Crippen MR) is 111 cm³/mol. The molecule has 4 heterocycles. The van der Waals surface area contributed by atoms with Crippen molar-refractivity contribution in [2.45, 2.75) is 32.0 Å². The average Bonchev–Trinajstić information content (AvgIpc) is 3.38. The lowest BCUT2D eigenvalue weighted by molar-refractivity contribution is -0.136. The first-order valence-electron chi connectivity index (χ1n) is 10.5. The molecular weight excluding hydrogens is 400 g/mol. The van der Waals surface area contributed by atoms with Crippen molar-refractivity contribution < 1.29 is 14.4 Å². The lowest BCUT2D eigenvalue weighted by Gasteiger charge is -2.29. The predicted octanol–water partition coefficient (Wildman–Crippen LogP) is -0.413. The number of fused-ring (bicyclic) bond motifs is 1. The second-order valence-corrected chi connectivity index (χ2v) is 7.92. The van der Waals surface area contributed by atoms with Crippen LogP contribution in [0.15, 0.2) is 18.2 Å². The van der Waals surface area contributed by atoms with Crippen LogP contribution in [-0.4, -0.2) is 70.0 Å². The van der Waals surface area contributed by atoms with Gasteiger partial charge in [0.2, 0.25) is 23.7 Å². The number of carbonyl (C=O) groups is 3. The highest BCUT2D eigenvalue weighted by atomic mass is 16.2. The lowest BCUT2D eigenvalue weighted by Crippen LogP contribution is -2.52. The van der Waals surface area contributed by atoms with E-state index in [2.05, 4.69) is 36.0 Å². The van der Waals surface area contributed by atoms with Gasteiger partial charge >= 0.3 is 0 Å². The molecule has 2 saturated heterocycles. The monoisotopic (exact) mass is 424 g/mol. The number of benzene rings is 1. The highest BCUT2D eigenvalue weighted by Gasteiger charge is 2.39. The third kappa shape index (κ3) is 3.72. The number of carbonyl (C=O) groups excluding carboxylic acids is 3. The highest BCUT2D eigenvalue weighted by Crippen LogP contribution is 2.30. The SMILES string of the molecule is O=C1CCC(N2Cc3c(CNc4nc(N5CCNCC5)n[nH]4)cccc3C2=O)C(=O)N1. The fourth-order valence-electron chi connectivity index (χ4n) is 4.33. The first-order chi connectivity index (χ1) is 15.1. The molecule has 0 radical (unpaired) electrons. The quantitative estimate of drug-likeness (QED) is 0.476. The van der Waals surface area contributed by atoms with E-state index in [1.54, 1.807) is 11.0 Å². The van der Waals surface area contributed by atoms with Crippen molar-refractivity contribution >= 4 is 29.6 Å². The molecule has 2 fully saturated rings. The van der Waals surface area contributed by atoms with Crippen LogP contribution in [0.5, 0.6) is 0 Å². The van der Waals surface area contributed by atoms with Gasteiger partial charge in [-0.1, -0.05) is 12.1 Å². The molecule has 1 aromatic heterocycles. The summed E-state index contributed by atoms with van der Waals surface area (Å²) in [7, 11) is 0. The van der Waals surface area contributed by atoms with Gasteiger partial charge in [0, 0.05) is 51.3 Å². The number of aromatic nitrogens is 3. The van der Waals surface area contributed by atoms with Gasteiger partial charge in [0.05, 0.1) is 0 Å². The van der Waals surface area contributed by atoms with Crippen molar-refractivity contribution in [3.8, 4) is 0 Å². The molecule has 2 aromatic rings. The van der Waals surface area contributed by atoms with E-state index < -0.39 is 11.9 Å². The second kappa shape index (κ2) is 7.99. The molecule has 4 N–H and O–H groups in total. The number of piperazine rings is 1. The smallest absolute Gasteiger partial charge is 0.255 e. The van der Waals surface area contributed by atoms with Crippen LogP contribution < -0.4 is 20.9 Å². The van der Waals surface area contributed by atoms with E-state index in [1.807, 2.05) is 12.1 Å². The standard InChI is InChI=1S/C20H24N8O3/c29-16-5-4-15(17(30)23-16)28-11-14-12(2-1-3-13(14)18(28)31)10-22-19-24-20(26-25-19)27-8-6-21-7-9-27/h1-3,15,21H,4-11H2,(H,23,29,30)(H2,22,24,25,26). The van der Waals surface area contributed by atoms with Gasteiger partial charge in [0.1, 0.15) is 6.04 Å². The minimum Gasteiger partial charge on any atom is -0.350 e. The Morgan fingerprint density at radius 1 is 1.16 bits per heavy atom. The molecule has 3 amide bonds. The Labute approximate surface area is 178 Å². The number of aromatic amines is 1. The number of nitrogens with zero attached hydrogens (tertiary/aromatic N) is 4. The maximum absolute atomic E-state index is 12.9. The van der Waals surface area contributed by atoms with Gasteiger partial charge in [-0.25, -0.2) is 5.10 Å². The zero-order chi connectivity index (χ0) is 21.4. The summed E-state index contributed by atoms with van der Waals surface area (Å²) in [6.07, 6.45) is 0.594. The summed E-state index contributed by atoms with van der Waals surface area (Å²) in [5.74, 6) is 0.368. The van der Waals surface area contributed by atoms with Crippen molar-refractivity contribution in [3.63, 3.8) is 0 Å². The highest BCUT2D eigenvalue weighted by molar-refractivity contribution is 6.05. The number of anilines is 2. The van der Waals surface area contributed by atoms with Crippen molar-refractivity contribution in [2.75, 3.05) is 36.4 Å². The maximum Gasteiger partial charge on any atom is 0.255 e. The molecule has 31 heavy (non-hydrogen) atoms. The summed E-state index contributed by atoms with van der Waals surface area (Å²) in [6, 6.07) is 4.97. The van der Waals surface area contributed by atoms with Crippen molar-refractivity contribution in [2.24, 2.45) is 0 Å². The third-order valence-electron chi connectivity index (χ3n) is 6.00. The zero-order valence-corrected chi connectivity index (χ0v) is 17.0. The Bertz CT molecular complexity index is 1030. The number of imide groups is 1. The van der Waals surface area contributed by atoms with Crippen LogP contribution in [0.1, 0.15) is 34.3 Å². The minimum atomic E-state index is -0.616. The fraction of sp³-hybridized carbons (Fsp3) is 0.450. The summed E-state index contributed by atoms with van der Waals surface area (Å²) < 4.78 is 0. The van der Waals surface area contributed by atoms with E-state index in [9.17, 15) is 14.4 Å². The van der Waals surface area contributed by atoms with Gasteiger partial charge in [-0.15, -0.1) is 5.10 Å². The molecule has 0 saturated carbocycles. The third-order valence-corrected chi connectivity index (χ3v) is 6.00. The van der Waals surface area contributed by atoms with Gasteiger partial charge in [0.15, 0.2) is 0 Å². The molecular formula is C20H24N8O3. The Balaban J connectivity index is 1.28. The number of nitrogens with one attached hydrogen (secondary N) is 4. The van der Waals surface area contributed by atoms with E-state index >= 15 is 0 Å². The Hall–Kier alpha value is -3.47. The molecule has 0 aliphatic carbocycles. The molecule has 1 atom stereocenters.